The molecule has 1 N–H and O–H groups in total. The first-order chi connectivity index (χ1) is 15.3. The van der Waals surface area contributed by atoms with Gasteiger partial charge in [-0.1, -0.05) is 49.3 Å². The van der Waals surface area contributed by atoms with Crippen LogP contribution >= 0.6 is 0 Å². The average Bonchev–Trinajstić information content (AvgIpc) is 3.20. The topological polar surface area (TPSA) is 105 Å². The number of benzene rings is 2. The zero-order valence-electron chi connectivity index (χ0n) is 18.1. The van der Waals surface area contributed by atoms with Crippen molar-refractivity contribution in [3.63, 3.8) is 0 Å². The van der Waals surface area contributed by atoms with Gasteiger partial charge in [0.15, 0.2) is 0 Å². The van der Waals surface area contributed by atoms with Gasteiger partial charge >= 0.3 is 6.01 Å². The minimum Gasteiger partial charge on any atom is -0.407 e. The summed E-state index contributed by atoms with van der Waals surface area (Å²) in [4.78, 5) is 12.7. The van der Waals surface area contributed by atoms with Gasteiger partial charge in [0.25, 0.3) is 5.91 Å². The molecular formula is C23H26N4O4S. The summed E-state index contributed by atoms with van der Waals surface area (Å²) < 4.78 is 33.0. The molecule has 2 aromatic carbocycles. The summed E-state index contributed by atoms with van der Waals surface area (Å²) in [6.45, 7) is 5.15. The maximum absolute atomic E-state index is 13.0. The summed E-state index contributed by atoms with van der Waals surface area (Å²) >= 11 is 0. The SMILES string of the molecule is CC1CC(C)CN(S(=O)(=O)c2ccc(C(=O)Nc3nnc(Cc4ccccc4)o3)cc2)C1. The molecule has 2 atom stereocenters. The summed E-state index contributed by atoms with van der Waals surface area (Å²) in [6, 6.07) is 15.6. The van der Waals surface area contributed by atoms with E-state index in [-0.39, 0.29) is 10.9 Å². The van der Waals surface area contributed by atoms with E-state index in [1.807, 2.05) is 30.3 Å². The molecule has 3 aromatic rings. The third kappa shape index (κ3) is 5.05. The van der Waals surface area contributed by atoms with E-state index in [9.17, 15) is 13.2 Å². The molecular weight excluding hydrogens is 428 g/mol. The van der Waals surface area contributed by atoms with Gasteiger partial charge in [0, 0.05) is 18.7 Å². The van der Waals surface area contributed by atoms with Crippen LogP contribution in [0.5, 0.6) is 0 Å². The molecule has 1 aromatic heterocycles. The summed E-state index contributed by atoms with van der Waals surface area (Å²) in [5.41, 5.74) is 1.32. The minimum absolute atomic E-state index is 0.00563. The molecule has 0 aliphatic carbocycles. The Bertz CT molecular complexity index is 1170. The predicted octanol–water partition coefficient (Wildman–Crippen LogP) is 3.58. The first kappa shape index (κ1) is 22.2. The second kappa shape index (κ2) is 9.22. The van der Waals surface area contributed by atoms with Crippen LogP contribution in [0.25, 0.3) is 0 Å². The van der Waals surface area contributed by atoms with Crippen molar-refractivity contribution in [1.82, 2.24) is 14.5 Å². The molecule has 9 heteroatoms. The van der Waals surface area contributed by atoms with Gasteiger partial charge in [-0.25, -0.2) is 8.42 Å². The Balaban J connectivity index is 1.41. The predicted molar refractivity (Wildman–Crippen MR) is 120 cm³/mol. The highest BCUT2D eigenvalue weighted by molar-refractivity contribution is 7.89. The fraction of sp³-hybridized carbons (Fsp3) is 0.348. The highest BCUT2D eigenvalue weighted by atomic mass is 32.2. The van der Waals surface area contributed by atoms with Crippen LogP contribution < -0.4 is 5.32 Å². The molecule has 2 unspecified atom stereocenters. The number of hydrogen-bond acceptors (Lipinski definition) is 6. The number of carbonyl (C=O) groups excluding carboxylic acids is 1. The molecule has 4 rings (SSSR count). The molecule has 32 heavy (non-hydrogen) atoms. The number of carbonyl (C=O) groups is 1. The Morgan fingerprint density at radius 1 is 1.03 bits per heavy atom. The second-order valence-corrected chi connectivity index (χ2v) is 10.3. The molecule has 1 saturated heterocycles. The number of nitrogens with one attached hydrogen (secondary N) is 1. The molecule has 0 bridgehead atoms. The lowest BCUT2D eigenvalue weighted by Crippen LogP contribution is -2.42. The molecule has 1 aliphatic heterocycles. The van der Waals surface area contributed by atoms with E-state index in [1.54, 1.807) is 0 Å². The van der Waals surface area contributed by atoms with Crippen LogP contribution in [0, 0.1) is 11.8 Å². The van der Waals surface area contributed by atoms with Crippen LogP contribution in [0.1, 0.15) is 42.1 Å². The fourth-order valence-corrected chi connectivity index (χ4v) is 5.72. The molecule has 168 valence electrons. The normalized spacial score (nSPS) is 19.6. The van der Waals surface area contributed by atoms with Gasteiger partial charge in [0.1, 0.15) is 0 Å². The van der Waals surface area contributed by atoms with E-state index >= 15 is 0 Å². The number of rotatable bonds is 6. The zero-order chi connectivity index (χ0) is 22.7. The monoisotopic (exact) mass is 454 g/mol. The smallest absolute Gasteiger partial charge is 0.322 e. The lowest BCUT2D eigenvalue weighted by Gasteiger charge is -2.34. The van der Waals surface area contributed by atoms with Crippen molar-refractivity contribution in [3.8, 4) is 0 Å². The van der Waals surface area contributed by atoms with Gasteiger partial charge in [-0.05, 0) is 48.1 Å². The van der Waals surface area contributed by atoms with Gasteiger partial charge in [-0.3, -0.25) is 10.1 Å². The molecule has 0 radical (unpaired) electrons. The van der Waals surface area contributed by atoms with E-state index in [0.29, 0.717) is 42.8 Å². The van der Waals surface area contributed by atoms with Gasteiger partial charge in [0.05, 0.1) is 11.3 Å². The number of hydrogen-bond donors (Lipinski definition) is 1. The molecule has 0 saturated carbocycles. The summed E-state index contributed by atoms with van der Waals surface area (Å²) in [5, 5.41) is 10.4. The third-order valence-corrected chi connectivity index (χ3v) is 7.32. The van der Waals surface area contributed by atoms with Crippen molar-refractivity contribution in [1.29, 1.82) is 0 Å². The van der Waals surface area contributed by atoms with Crippen LogP contribution in [0.2, 0.25) is 0 Å². The first-order valence-electron chi connectivity index (χ1n) is 10.6. The van der Waals surface area contributed by atoms with Gasteiger partial charge < -0.3 is 4.42 Å². The summed E-state index contributed by atoms with van der Waals surface area (Å²) in [7, 11) is -3.59. The minimum atomic E-state index is -3.59. The van der Waals surface area contributed by atoms with E-state index < -0.39 is 15.9 Å². The summed E-state index contributed by atoms with van der Waals surface area (Å²) in [5.74, 6) is 0.571. The number of anilines is 1. The fourth-order valence-electron chi connectivity index (χ4n) is 4.04. The number of aromatic nitrogens is 2. The molecule has 1 fully saturated rings. The standard InChI is InChI=1S/C23H26N4O4S/c1-16-12-17(2)15-27(14-16)32(29,30)20-10-8-19(9-11-20)22(28)24-23-26-25-21(31-23)13-18-6-4-3-5-7-18/h3-11,16-17H,12-15H2,1-2H3,(H,24,26,28). The van der Waals surface area contributed by atoms with Crippen LogP contribution in [0.15, 0.2) is 63.9 Å². The number of amides is 1. The number of piperidine rings is 1. The first-order valence-corrected chi connectivity index (χ1v) is 12.0. The van der Waals surface area contributed by atoms with Crippen molar-refractivity contribution in [3.05, 3.63) is 71.6 Å². The van der Waals surface area contributed by atoms with E-state index in [2.05, 4.69) is 29.4 Å². The van der Waals surface area contributed by atoms with Crippen molar-refractivity contribution < 1.29 is 17.6 Å². The zero-order valence-corrected chi connectivity index (χ0v) is 18.9. The number of nitrogens with zero attached hydrogens (tertiary/aromatic N) is 3. The Labute approximate surface area is 187 Å². The molecule has 2 heterocycles. The van der Waals surface area contributed by atoms with Crippen molar-refractivity contribution in [2.45, 2.75) is 31.6 Å². The Morgan fingerprint density at radius 3 is 2.34 bits per heavy atom. The molecule has 0 spiro atoms. The average molecular weight is 455 g/mol. The van der Waals surface area contributed by atoms with Crippen molar-refractivity contribution >= 4 is 21.9 Å². The summed E-state index contributed by atoms with van der Waals surface area (Å²) in [6.07, 6.45) is 1.48. The Kier molecular flexibility index (Phi) is 6.38. The van der Waals surface area contributed by atoms with Crippen LogP contribution in [0.4, 0.5) is 6.01 Å². The third-order valence-electron chi connectivity index (χ3n) is 5.48. The lowest BCUT2D eigenvalue weighted by molar-refractivity contribution is 0.102. The highest BCUT2D eigenvalue weighted by Gasteiger charge is 2.31. The van der Waals surface area contributed by atoms with Crippen LogP contribution in [0.3, 0.4) is 0 Å². The van der Waals surface area contributed by atoms with Crippen molar-refractivity contribution in [2.24, 2.45) is 11.8 Å². The molecule has 1 aliphatic rings. The van der Waals surface area contributed by atoms with Gasteiger partial charge in [-0.15, -0.1) is 5.10 Å². The number of sulfonamides is 1. The quantitative estimate of drug-likeness (QED) is 0.610. The Morgan fingerprint density at radius 2 is 1.69 bits per heavy atom. The lowest BCUT2D eigenvalue weighted by atomic mass is 9.94. The van der Waals surface area contributed by atoms with Gasteiger partial charge in [0.2, 0.25) is 15.9 Å². The second-order valence-electron chi connectivity index (χ2n) is 8.41. The maximum Gasteiger partial charge on any atom is 0.322 e. The van der Waals surface area contributed by atoms with Crippen LogP contribution in [-0.2, 0) is 16.4 Å². The van der Waals surface area contributed by atoms with E-state index in [0.717, 1.165) is 12.0 Å². The van der Waals surface area contributed by atoms with Crippen LogP contribution in [-0.4, -0.2) is 41.9 Å². The Hall–Kier alpha value is -3.04. The largest absolute Gasteiger partial charge is 0.407 e. The van der Waals surface area contributed by atoms with Gasteiger partial charge in [-0.2, -0.15) is 4.31 Å². The molecule has 1 amide bonds. The van der Waals surface area contributed by atoms with Crippen molar-refractivity contribution in [2.75, 3.05) is 18.4 Å². The maximum atomic E-state index is 13.0. The van der Waals surface area contributed by atoms with E-state index in [1.165, 1.54) is 28.6 Å². The molecule has 8 nitrogen and oxygen atoms in total. The van der Waals surface area contributed by atoms with E-state index in [4.69, 9.17) is 4.42 Å². The highest BCUT2D eigenvalue weighted by Crippen LogP contribution is 2.27.